The van der Waals surface area contributed by atoms with E-state index in [0.717, 1.165) is 0 Å². The summed E-state index contributed by atoms with van der Waals surface area (Å²) in [7, 11) is -3.85. The lowest BCUT2D eigenvalue weighted by atomic mass is 10.1. The summed E-state index contributed by atoms with van der Waals surface area (Å²) in [5.41, 5.74) is 0.730. The number of carbonyl (C=O) groups excluding carboxylic acids is 1. The topological polar surface area (TPSA) is 94.2 Å². The van der Waals surface area contributed by atoms with Gasteiger partial charge < -0.3 is 19.1 Å². The zero-order valence-corrected chi connectivity index (χ0v) is 16.8. The Hall–Kier alpha value is -2.78. The minimum atomic E-state index is -3.85. The largest absolute Gasteiger partial charge is 0.486 e. The lowest BCUT2D eigenvalue weighted by Gasteiger charge is -2.31. The van der Waals surface area contributed by atoms with E-state index in [1.54, 1.807) is 29.2 Å². The minimum absolute atomic E-state index is 0.0235. The maximum atomic E-state index is 12.8. The highest BCUT2D eigenvalue weighted by Gasteiger charge is 2.24. The van der Waals surface area contributed by atoms with Gasteiger partial charge in [-0.25, -0.2) is 8.42 Å². The third-order valence-electron chi connectivity index (χ3n) is 4.71. The summed E-state index contributed by atoms with van der Waals surface area (Å²) < 4.78 is 44.5. The Labute approximate surface area is 169 Å². The Morgan fingerprint density at radius 2 is 1.86 bits per heavy atom. The number of carbonyl (C=O) groups is 1. The smallest absolute Gasteiger partial charge is 0.262 e. The van der Waals surface area contributed by atoms with Gasteiger partial charge in [0.2, 0.25) is 0 Å². The molecule has 0 bridgehead atoms. The van der Waals surface area contributed by atoms with Gasteiger partial charge in [0.1, 0.15) is 13.2 Å². The van der Waals surface area contributed by atoms with E-state index in [0.29, 0.717) is 55.7 Å². The molecular formula is C20H22N2O6S. The third-order valence-corrected chi connectivity index (χ3v) is 6.09. The van der Waals surface area contributed by atoms with Crippen LogP contribution in [0.25, 0.3) is 0 Å². The van der Waals surface area contributed by atoms with Crippen LogP contribution in [0.4, 0.5) is 5.69 Å². The number of ether oxygens (including phenoxy) is 3. The van der Waals surface area contributed by atoms with Gasteiger partial charge in [-0.05, 0) is 37.3 Å². The molecule has 154 valence electrons. The summed E-state index contributed by atoms with van der Waals surface area (Å²) in [5, 5.41) is 0. The second kappa shape index (κ2) is 7.92. The molecule has 0 aliphatic carbocycles. The van der Waals surface area contributed by atoms with Gasteiger partial charge in [-0.1, -0.05) is 6.07 Å². The highest BCUT2D eigenvalue weighted by Crippen LogP contribution is 2.32. The van der Waals surface area contributed by atoms with E-state index in [1.807, 2.05) is 6.92 Å². The van der Waals surface area contributed by atoms with Crippen LogP contribution < -0.4 is 14.2 Å². The molecule has 2 aromatic rings. The number of amides is 1. The van der Waals surface area contributed by atoms with Crippen LogP contribution in [0.2, 0.25) is 0 Å². The predicted octanol–water partition coefficient (Wildman–Crippen LogP) is 2.12. The van der Waals surface area contributed by atoms with Crippen molar-refractivity contribution in [3.63, 3.8) is 0 Å². The number of rotatable bonds is 4. The van der Waals surface area contributed by atoms with Crippen LogP contribution in [0.15, 0.2) is 47.4 Å². The van der Waals surface area contributed by atoms with Gasteiger partial charge in [-0.3, -0.25) is 9.52 Å². The lowest BCUT2D eigenvalue weighted by Crippen LogP contribution is -2.44. The maximum Gasteiger partial charge on any atom is 0.262 e. The molecule has 29 heavy (non-hydrogen) atoms. The van der Waals surface area contributed by atoms with Crippen LogP contribution in [-0.2, 0) is 14.8 Å². The van der Waals surface area contributed by atoms with Gasteiger partial charge in [0.15, 0.2) is 11.5 Å². The Morgan fingerprint density at radius 1 is 1.07 bits per heavy atom. The molecule has 2 aliphatic rings. The summed E-state index contributed by atoms with van der Waals surface area (Å²) in [6, 6.07) is 10.9. The van der Waals surface area contributed by atoms with E-state index >= 15 is 0 Å². The van der Waals surface area contributed by atoms with E-state index in [-0.39, 0.29) is 16.9 Å². The molecule has 2 heterocycles. The highest BCUT2D eigenvalue weighted by atomic mass is 32.2. The Morgan fingerprint density at radius 3 is 2.66 bits per heavy atom. The molecule has 1 saturated heterocycles. The molecule has 1 atom stereocenters. The molecule has 4 rings (SSSR count). The third kappa shape index (κ3) is 4.30. The summed E-state index contributed by atoms with van der Waals surface area (Å²) in [5.74, 6) is 0.757. The molecule has 0 saturated carbocycles. The van der Waals surface area contributed by atoms with Crippen molar-refractivity contribution in [1.29, 1.82) is 0 Å². The molecule has 0 spiro atoms. The van der Waals surface area contributed by atoms with Crippen molar-refractivity contribution in [3.05, 3.63) is 48.0 Å². The first-order valence-corrected chi connectivity index (χ1v) is 10.8. The zero-order chi connectivity index (χ0) is 20.4. The van der Waals surface area contributed by atoms with E-state index in [2.05, 4.69) is 4.72 Å². The fourth-order valence-electron chi connectivity index (χ4n) is 3.31. The second-order valence-electron chi connectivity index (χ2n) is 6.92. The molecule has 0 radical (unpaired) electrons. The van der Waals surface area contributed by atoms with Gasteiger partial charge in [0, 0.05) is 30.4 Å². The quantitative estimate of drug-likeness (QED) is 0.817. The van der Waals surface area contributed by atoms with Crippen molar-refractivity contribution in [3.8, 4) is 11.5 Å². The number of nitrogens with zero attached hydrogens (tertiary/aromatic N) is 1. The number of morpholine rings is 1. The van der Waals surface area contributed by atoms with E-state index in [9.17, 15) is 13.2 Å². The molecule has 9 heteroatoms. The van der Waals surface area contributed by atoms with E-state index < -0.39 is 10.0 Å². The summed E-state index contributed by atoms with van der Waals surface area (Å²) in [4.78, 5) is 14.5. The average Bonchev–Trinajstić information content (AvgIpc) is 2.72. The van der Waals surface area contributed by atoms with Crippen molar-refractivity contribution in [2.75, 3.05) is 37.6 Å². The van der Waals surface area contributed by atoms with Crippen molar-refractivity contribution < 1.29 is 27.4 Å². The first-order chi connectivity index (χ1) is 13.9. The fraction of sp³-hybridized carbons (Fsp3) is 0.350. The van der Waals surface area contributed by atoms with Crippen molar-refractivity contribution >= 4 is 21.6 Å². The highest BCUT2D eigenvalue weighted by molar-refractivity contribution is 7.92. The second-order valence-corrected chi connectivity index (χ2v) is 8.61. The van der Waals surface area contributed by atoms with E-state index in [1.165, 1.54) is 18.2 Å². The van der Waals surface area contributed by atoms with Crippen LogP contribution in [-0.4, -0.2) is 58.2 Å². The Bertz CT molecular complexity index is 1020. The SMILES string of the molecule is CC1CN(C(=O)c2cccc(NS(=O)(=O)c3ccc4c(c3)OCCO4)c2)CCO1. The van der Waals surface area contributed by atoms with E-state index in [4.69, 9.17) is 14.2 Å². The van der Waals surface area contributed by atoms with Gasteiger partial charge in [0.25, 0.3) is 15.9 Å². The average molecular weight is 418 g/mol. The molecule has 0 aromatic heterocycles. The first kappa shape index (κ1) is 19.5. The predicted molar refractivity (Wildman–Crippen MR) is 106 cm³/mol. The van der Waals surface area contributed by atoms with Crippen molar-refractivity contribution in [1.82, 2.24) is 4.90 Å². The number of fused-ring (bicyclic) bond motifs is 1. The summed E-state index contributed by atoms with van der Waals surface area (Å²) in [6.07, 6.45) is -0.0235. The van der Waals surface area contributed by atoms with Crippen molar-refractivity contribution in [2.24, 2.45) is 0 Å². The van der Waals surface area contributed by atoms with Crippen LogP contribution in [0.3, 0.4) is 0 Å². The van der Waals surface area contributed by atoms with Gasteiger partial charge in [-0.15, -0.1) is 0 Å². The van der Waals surface area contributed by atoms with Gasteiger partial charge >= 0.3 is 0 Å². The molecule has 1 N–H and O–H groups in total. The van der Waals surface area contributed by atoms with Crippen LogP contribution >= 0.6 is 0 Å². The number of anilines is 1. The Balaban J connectivity index is 1.53. The normalized spacial score (nSPS) is 18.9. The summed E-state index contributed by atoms with van der Waals surface area (Å²) >= 11 is 0. The number of hydrogen-bond acceptors (Lipinski definition) is 6. The Kier molecular flexibility index (Phi) is 5.33. The number of nitrogens with one attached hydrogen (secondary N) is 1. The number of hydrogen-bond donors (Lipinski definition) is 1. The fourth-order valence-corrected chi connectivity index (χ4v) is 4.37. The molecule has 2 aromatic carbocycles. The van der Waals surface area contributed by atoms with Gasteiger partial charge in [0.05, 0.1) is 17.6 Å². The molecule has 2 aliphatic heterocycles. The first-order valence-electron chi connectivity index (χ1n) is 9.36. The molecule has 1 fully saturated rings. The minimum Gasteiger partial charge on any atom is -0.486 e. The van der Waals surface area contributed by atoms with Crippen molar-refractivity contribution in [2.45, 2.75) is 17.9 Å². The van der Waals surface area contributed by atoms with Gasteiger partial charge in [-0.2, -0.15) is 0 Å². The van der Waals surface area contributed by atoms with Crippen LogP contribution in [0.5, 0.6) is 11.5 Å². The monoisotopic (exact) mass is 418 g/mol. The molecule has 1 unspecified atom stereocenters. The molecule has 1 amide bonds. The molecular weight excluding hydrogens is 396 g/mol. The number of sulfonamides is 1. The zero-order valence-electron chi connectivity index (χ0n) is 16.0. The summed E-state index contributed by atoms with van der Waals surface area (Å²) in [6.45, 7) is 4.22. The van der Waals surface area contributed by atoms with Crippen LogP contribution in [0, 0.1) is 0 Å². The number of benzene rings is 2. The maximum absolute atomic E-state index is 12.8. The molecule has 8 nitrogen and oxygen atoms in total. The van der Waals surface area contributed by atoms with Crippen LogP contribution in [0.1, 0.15) is 17.3 Å². The standard InChI is InChI=1S/C20H22N2O6S/c1-14-13-22(7-8-26-14)20(23)15-3-2-4-16(11-15)21-29(24,25)17-5-6-18-19(12-17)28-10-9-27-18/h2-6,11-12,14,21H,7-10,13H2,1H3. The lowest BCUT2D eigenvalue weighted by molar-refractivity contribution is -0.0124.